The number of rotatable bonds is 8. The van der Waals surface area contributed by atoms with Gasteiger partial charge in [-0.25, -0.2) is 5.43 Å². The van der Waals surface area contributed by atoms with Gasteiger partial charge in [-0.05, 0) is 60.0 Å². The zero-order valence-electron chi connectivity index (χ0n) is 17.6. The number of furan rings is 1. The highest BCUT2D eigenvalue weighted by Crippen LogP contribution is 2.29. The second kappa shape index (κ2) is 9.34. The molecule has 4 aromatic rings. The summed E-state index contributed by atoms with van der Waals surface area (Å²) < 4.78 is 17.1. The van der Waals surface area contributed by atoms with E-state index in [1.165, 1.54) is 0 Å². The Hall–Kier alpha value is -3.80. The summed E-state index contributed by atoms with van der Waals surface area (Å²) in [6.45, 7) is 5.12. The molecule has 0 bridgehead atoms. The van der Waals surface area contributed by atoms with E-state index in [9.17, 15) is 4.79 Å². The van der Waals surface area contributed by atoms with Gasteiger partial charge < -0.3 is 13.9 Å². The van der Waals surface area contributed by atoms with Gasteiger partial charge in [-0.15, -0.1) is 0 Å². The Bertz CT molecular complexity index is 1240. The molecule has 0 saturated heterocycles. The maximum Gasteiger partial charge on any atom is 0.307 e. The predicted octanol–water partition coefficient (Wildman–Crippen LogP) is 5.54. The van der Waals surface area contributed by atoms with Gasteiger partial charge in [0.05, 0.1) is 19.4 Å². The maximum absolute atomic E-state index is 12.5. The Balaban J connectivity index is 1.49. The highest BCUT2D eigenvalue weighted by Gasteiger charge is 2.13. The molecule has 1 heterocycles. The van der Waals surface area contributed by atoms with Crippen molar-refractivity contribution in [3.8, 4) is 11.5 Å². The van der Waals surface area contributed by atoms with Crippen LogP contribution in [0, 0.1) is 0 Å². The molecule has 4 rings (SSSR count). The minimum absolute atomic E-state index is 0.210. The van der Waals surface area contributed by atoms with Gasteiger partial charge in [0.15, 0.2) is 17.3 Å². The fourth-order valence-corrected chi connectivity index (χ4v) is 3.33. The summed E-state index contributed by atoms with van der Waals surface area (Å²) in [6, 6.07) is 19.1. The SMILES string of the molecule is CCCOc1ccc(/C=N/NC(=O)c2cc3c(ccc4ccccc43)o2)cc1OCC. The van der Waals surface area contributed by atoms with Crippen LogP contribution in [0.2, 0.25) is 0 Å². The molecule has 0 aliphatic rings. The van der Waals surface area contributed by atoms with Crippen molar-refractivity contribution < 1.29 is 18.7 Å². The number of hydrazone groups is 1. The molecule has 1 N–H and O–H groups in total. The van der Waals surface area contributed by atoms with Crippen LogP contribution in [0.4, 0.5) is 0 Å². The summed E-state index contributed by atoms with van der Waals surface area (Å²) in [5, 5.41) is 7.10. The molecule has 0 radical (unpaired) electrons. The number of carbonyl (C=O) groups is 1. The van der Waals surface area contributed by atoms with E-state index in [-0.39, 0.29) is 5.76 Å². The van der Waals surface area contributed by atoms with Crippen molar-refractivity contribution in [2.45, 2.75) is 20.3 Å². The smallest absolute Gasteiger partial charge is 0.307 e. The van der Waals surface area contributed by atoms with Gasteiger partial charge in [-0.3, -0.25) is 4.79 Å². The largest absolute Gasteiger partial charge is 0.490 e. The van der Waals surface area contributed by atoms with Gasteiger partial charge >= 0.3 is 5.91 Å². The second-order valence-corrected chi connectivity index (χ2v) is 7.00. The zero-order chi connectivity index (χ0) is 21.6. The summed E-state index contributed by atoms with van der Waals surface area (Å²) in [4.78, 5) is 12.5. The van der Waals surface area contributed by atoms with Crippen molar-refractivity contribution in [3.05, 3.63) is 72.0 Å². The molecule has 0 atom stereocenters. The van der Waals surface area contributed by atoms with Crippen molar-refractivity contribution in [1.82, 2.24) is 5.43 Å². The van der Waals surface area contributed by atoms with E-state index >= 15 is 0 Å². The Morgan fingerprint density at radius 1 is 1.00 bits per heavy atom. The number of carbonyl (C=O) groups excluding carboxylic acids is 1. The monoisotopic (exact) mass is 416 g/mol. The summed E-state index contributed by atoms with van der Waals surface area (Å²) in [5.41, 5.74) is 3.97. The third kappa shape index (κ3) is 4.53. The topological polar surface area (TPSA) is 73.1 Å². The number of nitrogens with one attached hydrogen (secondary N) is 1. The third-order valence-electron chi connectivity index (χ3n) is 4.76. The highest BCUT2D eigenvalue weighted by atomic mass is 16.5. The maximum atomic E-state index is 12.5. The summed E-state index contributed by atoms with van der Waals surface area (Å²) >= 11 is 0. The number of nitrogens with zero attached hydrogens (tertiary/aromatic N) is 1. The lowest BCUT2D eigenvalue weighted by Crippen LogP contribution is -2.16. The number of hydrogen-bond donors (Lipinski definition) is 1. The quantitative estimate of drug-likeness (QED) is 0.302. The van der Waals surface area contributed by atoms with E-state index in [2.05, 4.69) is 17.5 Å². The van der Waals surface area contributed by atoms with Gasteiger partial charge in [0.25, 0.3) is 0 Å². The fraction of sp³-hybridized carbons (Fsp3) is 0.200. The number of benzene rings is 3. The lowest BCUT2D eigenvalue weighted by atomic mass is 10.1. The molecule has 0 unspecified atom stereocenters. The van der Waals surface area contributed by atoms with E-state index in [4.69, 9.17) is 13.9 Å². The van der Waals surface area contributed by atoms with Gasteiger partial charge in [0.1, 0.15) is 5.58 Å². The van der Waals surface area contributed by atoms with E-state index < -0.39 is 5.91 Å². The standard InChI is InChI=1S/C25H24N2O4/c1-3-13-30-22-11-9-17(14-23(22)29-4-2)16-26-27-25(28)24-15-20-19-8-6-5-7-18(19)10-12-21(20)31-24/h5-12,14-16H,3-4,13H2,1-2H3,(H,27,28)/b26-16+. The van der Waals surface area contributed by atoms with E-state index in [0.29, 0.717) is 30.3 Å². The molecule has 3 aromatic carbocycles. The first-order chi connectivity index (χ1) is 15.2. The normalized spacial score (nSPS) is 11.3. The number of amides is 1. The van der Waals surface area contributed by atoms with E-state index in [1.54, 1.807) is 12.3 Å². The van der Waals surface area contributed by atoms with Gasteiger partial charge in [0.2, 0.25) is 0 Å². The van der Waals surface area contributed by atoms with Crippen LogP contribution in [0.25, 0.3) is 21.7 Å². The highest BCUT2D eigenvalue weighted by molar-refractivity contribution is 6.08. The van der Waals surface area contributed by atoms with Crippen molar-refractivity contribution in [3.63, 3.8) is 0 Å². The molecule has 0 fully saturated rings. The molecular formula is C25H24N2O4. The summed E-state index contributed by atoms with van der Waals surface area (Å²) in [5.74, 6) is 1.14. The average molecular weight is 416 g/mol. The van der Waals surface area contributed by atoms with Crippen molar-refractivity contribution in [2.75, 3.05) is 13.2 Å². The summed E-state index contributed by atoms with van der Waals surface area (Å²) in [7, 11) is 0. The Morgan fingerprint density at radius 2 is 1.87 bits per heavy atom. The molecule has 0 spiro atoms. The van der Waals surface area contributed by atoms with Crippen LogP contribution >= 0.6 is 0 Å². The molecular weight excluding hydrogens is 392 g/mol. The third-order valence-corrected chi connectivity index (χ3v) is 4.76. The molecule has 158 valence electrons. The van der Waals surface area contributed by atoms with E-state index in [0.717, 1.165) is 28.1 Å². The van der Waals surface area contributed by atoms with Gasteiger partial charge in [-0.1, -0.05) is 37.3 Å². The van der Waals surface area contributed by atoms with Crippen LogP contribution in [0.3, 0.4) is 0 Å². The molecule has 0 saturated carbocycles. The molecule has 6 nitrogen and oxygen atoms in total. The van der Waals surface area contributed by atoms with Crippen molar-refractivity contribution >= 4 is 33.9 Å². The summed E-state index contributed by atoms with van der Waals surface area (Å²) in [6.07, 6.45) is 2.47. The number of ether oxygens (including phenoxy) is 2. The number of hydrogen-bond acceptors (Lipinski definition) is 5. The van der Waals surface area contributed by atoms with Gasteiger partial charge in [-0.2, -0.15) is 5.10 Å². The molecule has 0 aliphatic carbocycles. The minimum Gasteiger partial charge on any atom is -0.490 e. The molecule has 0 aliphatic heterocycles. The Kier molecular flexibility index (Phi) is 6.17. The lowest BCUT2D eigenvalue weighted by molar-refractivity contribution is 0.0929. The van der Waals surface area contributed by atoms with Crippen LogP contribution < -0.4 is 14.9 Å². The first-order valence-electron chi connectivity index (χ1n) is 10.3. The zero-order valence-corrected chi connectivity index (χ0v) is 17.6. The molecule has 1 aromatic heterocycles. The van der Waals surface area contributed by atoms with Crippen LogP contribution in [0.15, 0.2) is 70.2 Å². The fourth-order valence-electron chi connectivity index (χ4n) is 3.33. The number of fused-ring (bicyclic) bond motifs is 3. The Morgan fingerprint density at radius 3 is 2.71 bits per heavy atom. The van der Waals surface area contributed by atoms with Crippen molar-refractivity contribution in [1.29, 1.82) is 0 Å². The van der Waals surface area contributed by atoms with Crippen LogP contribution in [-0.4, -0.2) is 25.3 Å². The predicted molar refractivity (Wildman–Crippen MR) is 122 cm³/mol. The lowest BCUT2D eigenvalue weighted by Gasteiger charge is -2.11. The van der Waals surface area contributed by atoms with Crippen LogP contribution in [0.5, 0.6) is 11.5 Å². The average Bonchev–Trinajstić information content (AvgIpc) is 3.24. The first-order valence-corrected chi connectivity index (χ1v) is 10.3. The van der Waals surface area contributed by atoms with Crippen LogP contribution in [-0.2, 0) is 0 Å². The molecule has 1 amide bonds. The minimum atomic E-state index is -0.413. The second-order valence-electron chi connectivity index (χ2n) is 7.00. The van der Waals surface area contributed by atoms with Crippen molar-refractivity contribution in [2.24, 2.45) is 5.10 Å². The molecule has 6 heteroatoms. The van der Waals surface area contributed by atoms with E-state index in [1.807, 2.05) is 61.5 Å². The Labute approximate surface area is 180 Å². The first kappa shape index (κ1) is 20.5. The van der Waals surface area contributed by atoms with Crippen LogP contribution in [0.1, 0.15) is 36.4 Å². The van der Waals surface area contributed by atoms with Gasteiger partial charge in [0, 0.05) is 5.39 Å². The molecule has 31 heavy (non-hydrogen) atoms.